The number of nitrogens with zero attached hydrogens (tertiary/aromatic N) is 3. The highest BCUT2D eigenvalue weighted by Gasteiger charge is 2.23. The Morgan fingerprint density at radius 1 is 1.22 bits per heavy atom. The predicted molar refractivity (Wildman–Crippen MR) is 106 cm³/mol. The summed E-state index contributed by atoms with van der Waals surface area (Å²) in [7, 11) is 1.73. The Labute approximate surface area is 159 Å². The number of carbonyl (C=O) groups is 1. The van der Waals surface area contributed by atoms with Crippen LogP contribution in [0.2, 0.25) is 0 Å². The van der Waals surface area contributed by atoms with Crippen LogP contribution in [0.25, 0.3) is 0 Å². The summed E-state index contributed by atoms with van der Waals surface area (Å²) in [5.41, 5.74) is 0.679. The number of nitrogens with one attached hydrogen (secondary N) is 2. The fourth-order valence-electron chi connectivity index (χ4n) is 3.01. The van der Waals surface area contributed by atoms with Gasteiger partial charge in [-0.25, -0.2) is 0 Å². The third-order valence-electron chi connectivity index (χ3n) is 4.35. The molecule has 1 amide bonds. The lowest BCUT2D eigenvalue weighted by Crippen LogP contribution is -2.49. The number of para-hydroxylation sites is 1. The molecule has 2 heterocycles. The number of carbonyl (C=O) groups excluding carboxylic acids is 1. The molecule has 0 atom stereocenters. The van der Waals surface area contributed by atoms with E-state index in [9.17, 15) is 4.79 Å². The number of aliphatic imine (C=N–C) groups is 1. The highest BCUT2D eigenvalue weighted by molar-refractivity contribution is 5.94. The number of likely N-dealkylation sites (tertiary alicyclic amines) is 1. The SMILES string of the molecule is CN=C(NCC(=O)Nc1cccnc1)N1CCC(Oc2ccccc2)CC1. The molecule has 1 saturated heterocycles. The lowest BCUT2D eigenvalue weighted by molar-refractivity contribution is -0.115. The highest BCUT2D eigenvalue weighted by atomic mass is 16.5. The summed E-state index contributed by atoms with van der Waals surface area (Å²) in [6.45, 7) is 1.82. The Bertz CT molecular complexity index is 743. The van der Waals surface area contributed by atoms with Gasteiger partial charge in [0.25, 0.3) is 0 Å². The molecular weight excluding hydrogens is 342 g/mol. The van der Waals surface area contributed by atoms with E-state index in [2.05, 4.69) is 25.5 Å². The lowest BCUT2D eigenvalue weighted by atomic mass is 10.1. The third-order valence-corrected chi connectivity index (χ3v) is 4.35. The van der Waals surface area contributed by atoms with Crippen LogP contribution in [0, 0.1) is 0 Å². The van der Waals surface area contributed by atoms with E-state index < -0.39 is 0 Å². The normalized spacial score (nSPS) is 15.3. The van der Waals surface area contributed by atoms with Crippen LogP contribution in [0.3, 0.4) is 0 Å². The lowest BCUT2D eigenvalue weighted by Gasteiger charge is -2.34. The molecular formula is C20H25N5O2. The van der Waals surface area contributed by atoms with E-state index in [1.54, 1.807) is 31.6 Å². The first-order valence-electron chi connectivity index (χ1n) is 9.12. The summed E-state index contributed by atoms with van der Waals surface area (Å²) in [6, 6.07) is 13.5. The smallest absolute Gasteiger partial charge is 0.243 e. The molecule has 1 aliphatic heterocycles. The van der Waals surface area contributed by atoms with Crippen molar-refractivity contribution in [3.05, 3.63) is 54.9 Å². The van der Waals surface area contributed by atoms with Crippen molar-refractivity contribution < 1.29 is 9.53 Å². The molecule has 7 nitrogen and oxygen atoms in total. The van der Waals surface area contributed by atoms with E-state index >= 15 is 0 Å². The Kier molecular flexibility index (Phi) is 6.62. The Morgan fingerprint density at radius 2 is 2.00 bits per heavy atom. The minimum Gasteiger partial charge on any atom is -0.490 e. The zero-order valence-corrected chi connectivity index (χ0v) is 15.5. The van der Waals surface area contributed by atoms with E-state index in [4.69, 9.17) is 4.74 Å². The van der Waals surface area contributed by atoms with Crippen molar-refractivity contribution in [2.45, 2.75) is 18.9 Å². The molecule has 0 spiro atoms. The van der Waals surface area contributed by atoms with Crippen molar-refractivity contribution in [3.63, 3.8) is 0 Å². The first-order chi connectivity index (χ1) is 13.2. The van der Waals surface area contributed by atoms with Gasteiger partial charge in [0.15, 0.2) is 5.96 Å². The van der Waals surface area contributed by atoms with Crippen LogP contribution in [0.4, 0.5) is 5.69 Å². The minimum atomic E-state index is -0.133. The molecule has 0 bridgehead atoms. The topological polar surface area (TPSA) is 78.8 Å². The van der Waals surface area contributed by atoms with E-state index in [0.29, 0.717) is 5.69 Å². The maximum atomic E-state index is 12.1. The van der Waals surface area contributed by atoms with Gasteiger partial charge < -0.3 is 20.3 Å². The largest absolute Gasteiger partial charge is 0.490 e. The van der Waals surface area contributed by atoms with Crippen molar-refractivity contribution in [1.29, 1.82) is 0 Å². The molecule has 1 fully saturated rings. The van der Waals surface area contributed by atoms with E-state index in [-0.39, 0.29) is 18.6 Å². The third kappa shape index (κ3) is 5.70. The maximum Gasteiger partial charge on any atom is 0.243 e. The molecule has 142 valence electrons. The molecule has 27 heavy (non-hydrogen) atoms. The second kappa shape index (κ2) is 9.56. The van der Waals surface area contributed by atoms with Crippen LogP contribution in [0.5, 0.6) is 5.75 Å². The number of amides is 1. The molecule has 1 aromatic heterocycles. The first-order valence-corrected chi connectivity index (χ1v) is 9.12. The molecule has 0 unspecified atom stereocenters. The molecule has 7 heteroatoms. The monoisotopic (exact) mass is 367 g/mol. The van der Waals surface area contributed by atoms with Gasteiger partial charge in [0, 0.05) is 39.2 Å². The van der Waals surface area contributed by atoms with Gasteiger partial charge in [-0.15, -0.1) is 0 Å². The average Bonchev–Trinajstić information content (AvgIpc) is 2.71. The Morgan fingerprint density at radius 3 is 2.67 bits per heavy atom. The first kappa shape index (κ1) is 18.7. The summed E-state index contributed by atoms with van der Waals surface area (Å²) in [6.07, 6.45) is 5.32. The zero-order valence-electron chi connectivity index (χ0n) is 15.5. The van der Waals surface area contributed by atoms with Crippen molar-refractivity contribution in [3.8, 4) is 5.75 Å². The number of guanidine groups is 1. The minimum absolute atomic E-state index is 0.133. The number of anilines is 1. The number of rotatable bonds is 5. The fourth-order valence-corrected chi connectivity index (χ4v) is 3.01. The van der Waals surface area contributed by atoms with Crippen LogP contribution >= 0.6 is 0 Å². The predicted octanol–water partition coefficient (Wildman–Crippen LogP) is 2.14. The number of piperidine rings is 1. The maximum absolute atomic E-state index is 12.1. The van der Waals surface area contributed by atoms with Gasteiger partial charge in [0.05, 0.1) is 18.4 Å². The molecule has 3 rings (SSSR count). The molecule has 1 aromatic carbocycles. The van der Waals surface area contributed by atoms with Gasteiger partial charge in [0.2, 0.25) is 5.91 Å². The number of ether oxygens (including phenoxy) is 1. The molecule has 0 saturated carbocycles. The Hall–Kier alpha value is -3.09. The zero-order chi connectivity index (χ0) is 18.9. The van der Waals surface area contributed by atoms with Gasteiger partial charge in [0.1, 0.15) is 11.9 Å². The molecule has 0 aliphatic carbocycles. The second-order valence-corrected chi connectivity index (χ2v) is 6.31. The summed E-state index contributed by atoms with van der Waals surface area (Å²) < 4.78 is 6.02. The average molecular weight is 367 g/mol. The van der Waals surface area contributed by atoms with Crippen LogP contribution in [0.1, 0.15) is 12.8 Å². The van der Waals surface area contributed by atoms with Crippen LogP contribution in [0.15, 0.2) is 59.9 Å². The molecule has 0 radical (unpaired) electrons. The summed E-state index contributed by atoms with van der Waals surface area (Å²) >= 11 is 0. The number of benzene rings is 1. The molecule has 1 aliphatic rings. The summed E-state index contributed by atoms with van der Waals surface area (Å²) in [5, 5.41) is 5.93. The standard InChI is InChI=1S/C20H25N5O2/c1-21-20(23-15-19(26)24-16-6-5-11-22-14-16)25-12-9-18(10-13-25)27-17-7-3-2-4-8-17/h2-8,11,14,18H,9-10,12-13,15H2,1H3,(H,21,23)(H,24,26). The van der Waals surface area contributed by atoms with Crippen LogP contribution in [-0.4, -0.2) is 54.5 Å². The van der Waals surface area contributed by atoms with Gasteiger partial charge in [-0.1, -0.05) is 18.2 Å². The molecule has 2 N–H and O–H groups in total. The highest BCUT2D eigenvalue weighted by Crippen LogP contribution is 2.18. The van der Waals surface area contributed by atoms with Gasteiger partial charge in [-0.05, 0) is 24.3 Å². The van der Waals surface area contributed by atoms with Crippen molar-refractivity contribution in [2.24, 2.45) is 4.99 Å². The summed E-state index contributed by atoms with van der Waals surface area (Å²) in [5.74, 6) is 1.51. The number of pyridine rings is 1. The van der Waals surface area contributed by atoms with Crippen LogP contribution in [-0.2, 0) is 4.79 Å². The van der Waals surface area contributed by atoms with E-state index in [1.165, 1.54) is 0 Å². The van der Waals surface area contributed by atoms with E-state index in [0.717, 1.165) is 37.6 Å². The van der Waals surface area contributed by atoms with Crippen molar-refractivity contribution in [1.82, 2.24) is 15.2 Å². The number of hydrogen-bond donors (Lipinski definition) is 2. The van der Waals surface area contributed by atoms with Crippen molar-refractivity contribution in [2.75, 3.05) is 32.0 Å². The van der Waals surface area contributed by atoms with Gasteiger partial charge in [-0.3, -0.25) is 14.8 Å². The van der Waals surface area contributed by atoms with Crippen molar-refractivity contribution >= 4 is 17.6 Å². The number of aromatic nitrogens is 1. The number of hydrogen-bond acceptors (Lipinski definition) is 4. The van der Waals surface area contributed by atoms with E-state index in [1.807, 2.05) is 30.3 Å². The summed E-state index contributed by atoms with van der Waals surface area (Å²) in [4.78, 5) is 22.5. The quantitative estimate of drug-likeness (QED) is 0.625. The van der Waals surface area contributed by atoms with Gasteiger partial charge >= 0.3 is 0 Å². The van der Waals surface area contributed by atoms with Crippen LogP contribution < -0.4 is 15.4 Å². The Balaban J connectivity index is 1.43. The second-order valence-electron chi connectivity index (χ2n) is 6.31. The van der Waals surface area contributed by atoms with Gasteiger partial charge in [-0.2, -0.15) is 0 Å². The molecule has 2 aromatic rings. The fraction of sp³-hybridized carbons (Fsp3) is 0.350.